The summed E-state index contributed by atoms with van der Waals surface area (Å²) in [5, 5.41) is 12.0. The van der Waals surface area contributed by atoms with Crippen LogP contribution in [0.15, 0.2) is 18.3 Å². The highest BCUT2D eigenvalue weighted by molar-refractivity contribution is 5.87. The van der Waals surface area contributed by atoms with Crippen LogP contribution in [0.5, 0.6) is 0 Å². The number of rotatable bonds is 7. The zero-order valence-electron chi connectivity index (χ0n) is 11.8. The van der Waals surface area contributed by atoms with Gasteiger partial charge in [-0.15, -0.1) is 0 Å². The van der Waals surface area contributed by atoms with Gasteiger partial charge in [0.05, 0.1) is 0 Å². The molecule has 19 heavy (non-hydrogen) atoms. The predicted molar refractivity (Wildman–Crippen MR) is 73.1 cm³/mol. The lowest BCUT2D eigenvalue weighted by atomic mass is 9.90. The fourth-order valence-corrected chi connectivity index (χ4v) is 2.25. The molecule has 0 aliphatic heterocycles. The normalized spacial score (nSPS) is 11.3. The van der Waals surface area contributed by atoms with E-state index in [-0.39, 0.29) is 23.7 Å². The average Bonchev–Trinajstić information content (AvgIpc) is 2.84. The lowest BCUT2D eigenvalue weighted by molar-refractivity contribution is -0.123. The third-order valence-electron chi connectivity index (χ3n) is 3.80. The van der Waals surface area contributed by atoms with E-state index in [1.165, 1.54) is 10.6 Å². The van der Waals surface area contributed by atoms with Gasteiger partial charge in [0, 0.05) is 11.7 Å². The number of carboxylic acids is 1. The topological polar surface area (TPSA) is 71.3 Å². The van der Waals surface area contributed by atoms with Crippen molar-refractivity contribution in [2.24, 2.45) is 0 Å². The third-order valence-corrected chi connectivity index (χ3v) is 3.80. The highest BCUT2D eigenvalue weighted by atomic mass is 16.4. The van der Waals surface area contributed by atoms with E-state index < -0.39 is 5.97 Å². The molecule has 0 radical (unpaired) electrons. The number of carbonyl (C=O) groups is 2. The summed E-state index contributed by atoms with van der Waals surface area (Å²) in [6.07, 6.45) is 4.20. The molecular weight excluding hydrogens is 244 g/mol. The Hall–Kier alpha value is -1.78. The van der Waals surface area contributed by atoms with Crippen LogP contribution in [0, 0.1) is 0 Å². The SMILES string of the molecule is CCC(CC)(CC)NC(=O)Cn1cccc1C(=O)O. The lowest BCUT2D eigenvalue weighted by Crippen LogP contribution is -2.48. The van der Waals surface area contributed by atoms with Crippen LogP contribution in [0.2, 0.25) is 0 Å². The molecular formula is C14H22N2O3. The van der Waals surface area contributed by atoms with Crippen molar-refractivity contribution in [2.45, 2.75) is 52.1 Å². The Balaban J connectivity index is 2.75. The molecule has 1 rings (SSSR count). The maximum atomic E-state index is 12.1. The Morgan fingerprint density at radius 2 is 1.84 bits per heavy atom. The van der Waals surface area contributed by atoms with Gasteiger partial charge in [0.15, 0.2) is 0 Å². The number of carbonyl (C=O) groups excluding carboxylic acids is 1. The average molecular weight is 266 g/mol. The van der Waals surface area contributed by atoms with Gasteiger partial charge in [-0.3, -0.25) is 4.79 Å². The van der Waals surface area contributed by atoms with Gasteiger partial charge in [0.2, 0.25) is 5.91 Å². The number of hydrogen-bond donors (Lipinski definition) is 2. The molecule has 1 aromatic heterocycles. The molecule has 0 bridgehead atoms. The van der Waals surface area contributed by atoms with Gasteiger partial charge in [-0.05, 0) is 31.4 Å². The number of hydrogen-bond acceptors (Lipinski definition) is 2. The first-order valence-electron chi connectivity index (χ1n) is 6.67. The van der Waals surface area contributed by atoms with Gasteiger partial charge in [-0.1, -0.05) is 20.8 Å². The Morgan fingerprint density at radius 1 is 1.26 bits per heavy atom. The molecule has 5 heteroatoms. The summed E-state index contributed by atoms with van der Waals surface area (Å²) in [4.78, 5) is 23.0. The molecule has 1 aromatic rings. The van der Waals surface area contributed by atoms with Crippen molar-refractivity contribution in [2.75, 3.05) is 0 Å². The van der Waals surface area contributed by atoms with Crippen LogP contribution >= 0.6 is 0 Å². The summed E-state index contributed by atoms with van der Waals surface area (Å²) in [7, 11) is 0. The van der Waals surface area contributed by atoms with E-state index in [1.54, 1.807) is 12.3 Å². The number of nitrogens with one attached hydrogen (secondary N) is 1. The Morgan fingerprint density at radius 3 is 2.32 bits per heavy atom. The van der Waals surface area contributed by atoms with Crippen LogP contribution < -0.4 is 5.32 Å². The van der Waals surface area contributed by atoms with Crippen molar-refractivity contribution in [1.29, 1.82) is 0 Å². The lowest BCUT2D eigenvalue weighted by Gasteiger charge is -2.32. The minimum absolute atomic E-state index is 0.0381. The standard InChI is InChI=1S/C14H22N2O3/c1-4-14(5-2,6-3)15-12(17)10-16-9-7-8-11(16)13(18)19/h7-9H,4-6,10H2,1-3H3,(H,15,17)(H,18,19). The maximum absolute atomic E-state index is 12.1. The van der Waals surface area contributed by atoms with Gasteiger partial charge in [-0.2, -0.15) is 0 Å². The van der Waals surface area contributed by atoms with E-state index >= 15 is 0 Å². The largest absolute Gasteiger partial charge is 0.477 e. The highest BCUT2D eigenvalue weighted by Gasteiger charge is 2.26. The number of amides is 1. The zero-order chi connectivity index (χ0) is 14.5. The van der Waals surface area contributed by atoms with Crippen molar-refractivity contribution in [1.82, 2.24) is 9.88 Å². The minimum atomic E-state index is -1.02. The summed E-state index contributed by atoms with van der Waals surface area (Å²) < 4.78 is 1.45. The Labute approximate surface area is 113 Å². The van der Waals surface area contributed by atoms with Gasteiger partial charge in [-0.25, -0.2) is 4.79 Å². The van der Waals surface area contributed by atoms with Crippen molar-refractivity contribution in [3.8, 4) is 0 Å². The molecule has 1 amide bonds. The monoisotopic (exact) mass is 266 g/mol. The second kappa shape index (κ2) is 6.41. The number of carboxylic acid groups (broad SMARTS) is 1. The van der Waals surface area contributed by atoms with E-state index in [1.807, 2.05) is 20.8 Å². The first kappa shape index (κ1) is 15.3. The van der Waals surface area contributed by atoms with Crippen LogP contribution in [0.25, 0.3) is 0 Å². The molecule has 1 heterocycles. The van der Waals surface area contributed by atoms with Crippen molar-refractivity contribution < 1.29 is 14.7 Å². The smallest absolute Gasteiger partial charge is 0.352 e. The molecule has 0 unspecified atom stereocenters. The summed E-state index contributed by atoms with van der Waals surface area (Å²) in [6.45, 7) is 6.18. The summed E-state index contributed by atoms with van der Waals surface area (Å²) in [6, 6.07) is 3.12. The van der Waals surface area contributed by atoms with E-state index in [4.69, 9.17) is 5.11 Å². The summed E-state index contributed by atoms with van der Waals surface area (Å²) in [5.74, 6) is -1.17. The molecule has 0 spiro atoms. The van der Waals surface area contributed by atoms with Crippen LogP contribution in [0.1, 0.15) is 50.5 Å². The maximum Gasteiger partial charge on any atom is 0.352 e. The van der Waals surface area contributed by atoms with Crippen molar-refractivity contribution in [3.63, 3.8) is 0 Å². The number of aromatic carboxylic acids is 1. The molecule has 0 aliphatic carbocycles. The van der Waals surface area contributed by atoms with Gasteiger partial charge in [0.25, 0.3) is 0 Å². The first-order valence-corrected chi connectivity index (χ1v) is 6.67. The molecule has 0 fully saturated rings. The van der Waals surface area contributed by atoms with Crippen LogP contribution in [-0.2, 0) is 11.3 Å². The van der Waals surface area contributed by atoms with Gasteiger partial charge >= 0.3 is 5.97 Å². The predicted octanol–water partition coefficient (Wildman–Crippen LogP) is 2.27. The Kier molecular flexibility index (Phi) is 5.15. The quantitative estimate of drug-likeness (QED) is 0.795. The first-order chi connectivity index (χ1) is 8.98. The fraction of sp³-hybridized carbons (Fsp3) is 0.571. The molecule has 2 N–H and O–H groups in total. The van der Waals surface area contributed by atoms with Crippen LogP contribution in [0.4, 0.5) is 0 Å². The van der Waals surface area contributed by atoms with E-state index in [0.29, 0.717) is 0 Å². The molecule has 0 atom stereocenters. The molecule has 0 saturated heterocycles. The number of nitrogens with zero attached hydrogens (tertiary/aromatic N) is 1. The molecule has 0 aromatic carbocycles. The second-order valence-corrected chi connectivity index (χ2v) is 4.72. The third kappa shape index (κ3) is 3.59. The van der Waals surface area contributed by atoms with Gasteiger partial charge in [0.1, 0.15) is 12.2 Å². The summed E-state index contributed by atoms with van der Waals surface area (Å²) in [5.41, 5.74) is -0.0570. The van der Waals surface area contributed by atoms with E-state index in [0.717, 1.165) is 19.3 Å². The molecule has 106 valence electrons. The van der Waals surface area contributed by atoms with Crippen molar-refractivity contribution >= 4 is 11.9 Å². The van der Waals surface area contributed by atoms with Gasteiger partial charge < -0.3 is 15.0 Å². The highest BCUT2D eigenvalue weighted by Crippen LogP contribution is 2.19. The zero-order valence-corrected chi connectivity index (χ0v) is 11.8. The second-order valence-electron chi connectivity index (χ2n) is 4.72. The van der Waals surface area contributed by atoms with E-state index in [2.05, 4.69) is 5.32 Å². The van der Waals surface area contributed by atoms with Crippen LogP contribution in [-0.4, -0.2) is 27.1 Å². The van der Waals surface area contributed by atoms with Crippen molar-refractivity contribution in [3.05, 3.63) is 24.0 Å². The van der Waals surface area contributed by atoms with E-state index in [9.17, 15) is 9.59 Å². The molecule has 0 aliphatic rings. The Bertz CT molecular complexity index is 439. The summed E-state index contributed by atoms with van der Waals surface area (Å²) >= 11 is 0. The molecule has 5 nitrogen and oxygen atoms in total. The fourth-order valence-electron chi connectivity index (χ4n) is 2.25. The molecule has 0 saturated carbocycles. The number of aromatic nitrogens is 1. The minimum Gasteiger partial charge on any atom is -0.477 e. The van der Waals surface area contributed by atoms with Crippen LogP contribution in [0.3, 0.4) is 0 Å².